The molecule has 7 nitrogen and oxygen atoms in total. The van der Waals surface area contributed by atoms with Crippen LogP contribution in [0.25, 0.3) is 0 Å². The van der Waals surface area contributed by atoms with Crippen LogP contribution in [-0.4, -0.2) is 38.8 Å². The maximum absolute atomic E-state index is 13.0. The molecule has 2 atom stereocenters. The van der Waals surface area contributed by atoms with E-state index in [0.29, 0.717) is 22.7 Å². The molecule has 1 amide bonds. The van der Waals surface area contributed by atoms with Crippen molar-refractivity contribution in [3.8, 4) is 0 Å². The number of nitrogens with zero attached hydrogens (tertiary/aromatic N) is 1. The van der Waals surface area contributed by atoms with Crippen LogP contribution in [0.5, 0.6) is 0 Å². The average Bonchev–Trinajstić information content (AvgIpc) is 3.27. The van der Waals surface area contributed by atoms with E-state index in [4.69, 9.17) is 11.6 Å². The standard InChI is InChI=1S/C23H22ClN3O4/c24-18-8-6-16(7-9-18)21(28)11-17(10-15-4-2-1-3-5-15)22(29)27-20(23(30)31)12-19-13-25-14-26-19/h1-9,13-14,17,20H,10-12H2,(H,25,26)(H,27,29)(H,30,31)/t17?,20-/m0/s1. The highest BCUT2D eigenvalue weighted by molar-refractivity contribution is 6.30. The summed E-state index contributed by atoms with van der Waals surface area (Å²) in [5, 5.41) is 12.6. The lowest BCUT2D eigenvalue weighted by molar-refractivity contribution is -0.142. The van der Waals surface area contributed by atoms with Gasteiger partial charge in [-0.2, -0.15) is 0 Å². The Balaban J connectivity index is 1.76. The van der Waals surface area contributed by atoms with Crippen LogP contribution in [0.3, 0.4) is 0 Å². The fourth-order valence-corrected chi connectivity index (χ4v) is 3.36. The Hall–Kier alpha value is -3.45. The molecule has 0 radical (unpaired) electrons. The number of hydrogen-bond donors (Lipinski definition) is 3. The van der Waals surface area contributed by atoms with E-state index in [1.54, 1.807) is 30.5 Å². The molecule has 0 aliphatic carbocycles. The molecule has 1 unspecified atom stereocenters. The van der Waals surface area contributed by atoms with Crippen LogP contribution >= 0.6 is 11.6 Å². The van der Waals surface area contributed by atoms with Crippen molar-refractivity contribution >= 4 is 29.3 Å². The first-order valence-corrected chi connectivity index (χ1v) is 10.1. The van der Waals surface area contributed by atoms with Crippen LogP contribution in [-0.2, 0) is 22.4 Å². The number of imidazole rings is 1. The Morgan fingerprint density at radius 2 is 1.74 bits per heavy atom. The van der Waals surface area contributed by atoms with E-state index in [0.717, 1.165) is 5.56 Å². The molecule has 160 valence electrons. The third-order valence-electron chi connectivity index (χ3n) is 4.88. The summed E-state index contributed by atoms with van der Waals surface area (Å²) in [5.74, 6) is -2.61. The van der Waals surface area contributed by atoms with E-state index in [9.17, 15) is 19.5 Å². The smallest absolute Gasteiger partial charge is 0.326 e. The maximum Gasteiger partial charge on any atom is 0.326 e. The third-order valence-corrected chi connectivity index (χ3v) is 5.13. The summed E-state index contributed by atoms with van der Waals surface area (Å²) in [5.41, 5.74) is 1.84. The Bertz CT molecular complexity index is 1020. The van der Waals surface area contributed by atoms with Crippen molar-refractivity contribution < 1.29 is 19.5 Å². The molecule has 0 spiro atoms. The van der Waals surface area contributed by atoms with Crippen molar-refractivity contribution in [2.24, 2.45) is 5.92 Å². The number of amides is 1. The molecule has 1 heterocycles. The Labute approximate surface area is 184 Å². The van der Waals surface area contributed by atoms with Crippen molar-refractivity contribution in [1.82, 2.24) is 15.3 Å². The zero-order valence-electron chi connectivity index (χ0n) is 16.6. The van der Waals surface area contributed by atoms with Gasteiger partial charge < -0.3 is 15.4 Å². The van der Waals surface area contributed by atoms with Gasteiger partial charge in [-0.3, -0.25) is 9.59 Å². The fourth-order valence-electron chi connectivity index (χ4n) is 3.23. The predicted molar refractivity (Wildman–Crippen MR) is 116 cm³/mol. The molecule has 0 fully saturated rings. The molecule has 3 rings (SSSR count). The van der Waals surface area contributed by atoms with Crippen LogP contribution in [0.2, 0.25) is 5.02 Å². The van der Waals surface area contributed by atoms with Gasteiger partial charge in [-0.1, -0.05) is 41.9 Å². The van der Waals surface area contributed by atoms with E-state index in [1.807, 2.05) is 30.3 Å². The molecule has 31 heavy (non-hydrogen) atoms. The van der Waals surface area contributed by atoms with Gasteiger partial charge in [0.15, 0.2) is 5.78 Å². The van der Waals surface area contributed by atoms with Crippen molar-refractivity contribution in [1.29, 1.82) is 0 Å². The van der Waals surface area contributed by atoms with Gasteiger partial charge in [0.2, 0.25) is 5.91 Å². The van der Waals surface area contributed by atoms with Crippen LogP contribution in [0, 0.1) is 5.92 Å². The Kier molecular flexibility index (Phi) is 7.56. The second-order valence-electron chi connectivity index (χ2n) is 7.18. The number of aliphatic carboxylic acids is 1. The number of carbonyl (C=O) groups is 3. The highest BCUT2D eigenvalue weighted by Crippen LogP contribution is 2.18. The number of Topliss-reactive ketones (excluding diaryl/α,β-unsaturated/α-hetero) is 1. The van der Waals surface area contributed by atoms with E-state index >= 15 is 0 Å². The molecule has 0 saturated carbocycles. The number of hydrogen-bond acceptors (Lipinski definition) is 4. The third kappa shape index (κ3) is 6.52. The SMILES string of the molecule is O=C(CC(Cc1ccccc1)C(=O)N[C@@H](Cc1c[nH]cn1)C(=O)O)c1ccc(Cl)cc1. The van der Waals surface area contributed by atoms with Gasteiger partial charge in [0.1, 0.15) is 6.04 Å². The summed E-state index contributed by atoms with van der Waals surface area (Å²) in [6.07, 6.45) is 3.30. The zero-order chi connectivity index (χ0) is 22.2. The summed E-state index contributed by atoms with van der Waals surface area (Å²) in [7, 11) is 0. The molecule has 1 aromatic heterocycles. The number of rotatable bonds is 10. The maximum atomic E-state index is 13.0. The van der Waals surface area contributed by atoms with Crippen LogP contribution < -0.4 is 5.32 Å². The number of carbonyl (C=O) groups excluding carboxylic acids is 2. The lowest BCUT2D eigenvalue weighted by Gasteiger charge is -2.20. The first-order valence-electron chi connectivity index (χ1n) is 9.76. The van der Waals surface area contributed by atoms with Crippen LogP contribution in [0.1, 0.15) is 28.0 Å². The number of ketones is 1. The zero-order valence-corrected chi connectivity index (χ0v) is 17.4. The van der Waals surface area contributed by atoms with Gasteiger partial charge in [0.05, 0.1) is 12.0 Å². The van der Waals surface area contributed by atoms with Gasteiger partial charge in [-0.15, -0.1) is 0 Å². The highest BCUT2D eigenvalue weighted by Gasteiger charge is 2.28. The Morgan fingerprint density at radius 3 is 2.35 bits per heavy atom. The monoisotopic (exact) mass is 439 g/mol. The van der Waals surface area contributed by atoms with Crippen molar-refractivity contribution in [3.63, 3.8) is 0 Å². The summed E-state index contributed by atoms with van der Waals surface area (Å²) >= 11 is 5.89. The molecule has 0 bridgehead atoms. The number of H-pyrrole nitrogens is 1. The second-order valence-corrected chi connectivity index (χ2v) is 7.62. The Morgan fingerprint density at radius 1 is 1.03 bits per heavy atom. The molecule has 0 aliphatic heterocycles. The van der Waals surface area contributed by atoms with E-state index in [1.165, 1.54) is 6.33 Å². The quantitative estimate of drug-likeness (QED) is 0.419. The normalized spacial score (nSPS) is 12.7. The number of benzene rings is 2. The summed E-state index contributed by atoms with van der Waals surface area (Å²) in [6, 6.07) is 14.6. The minimum Gasteiger partial charge on any atom is -0.480 e. The fraction of sp³-hybridized carbons (Fsp3) is 0.217. The van der Waals surface area contributed by atoms with Gasteiger partial charge in [-0.05, 0) is 36.2 Å². The van der Waals surface area contributed by atoms with E-state index in [2.05, 4.69) is 15.3 Å². The van der Waals surface area contributed by atoms with Gasteiger partial charge in [0, 0.05) is 35.5 Å². The first kappa shape index (κ1) is 22.2. The molecule has 0 saturated heterocycles. The molecule has 0 aliphatic rings. The minimum atomic E-state index is -1.17. The van der Waals surface area contributed by atoms with Gasteiger partial charge in [0.25, 0.3) is 0 Å². The lowest BCUT2D eigenvalue weighted by atomic mass is 9.91. The molecule has 2 aromatic carbocycles. The predicted octanol–water partition coefficient (Wildman–Crippen LogP) is 3.31. The first-order chi connectivity index (χ1) is 14.9. The van der Waals surface area contributed by atoms with Gasteiger partial charge >= 0.3 is 5.97 Å². The van der Waals surface area contributed by atoms with E-state index in [-0.39, 0.29) is 18.6 Å². The number of aromatic nitrogens is 2. The number of carboxylic acid groups (broad SMARTS) is 1. The van der Waals surface area contributed by atoms with Crippen LogP contribution in [0.15, 0.2) is 67.1 Å². The van der Waals surface area contributed by atoms with Gasteiger partial charge in [-0.25, -0.2) is 9.78 Å². The lowest BCUT2D eigenvalue weighted by Crippen LogP contribution is -2.45. The summed E-state index contributed by atoms with van der Waals surface area (Å²) in [6.45, 7) is 0. The molecule has 8 heteroatoms. The second kappa shape index (κ2) is 10.5. The number of nitrogens with one attached hydrogen (secondary N) is 2. The largest absolute Gasteiger partial charge is 0.480 e. The van der Waals surface area contributed by atoms with Crippen molar-refractivity contribution in [3.05, 3.63) is 89.0 Å². The number of halogens is 1. The summed E-state index contributed by atoms with van der Waals surface area (Å²) < 4.78 is 0. The molecule has 3 aromatic rings. The topological polar surface area (TPSA) is 112 Å². The number of carboxylic acids is 1. The average molecular weight is 440 g/mol. The van der Waals surface area contributed by atoms with Crippen molar-refractivity contribution in [2.75, 3.05) is 0 Å². The minimum absolute atomic E-state index is 0.0355. The molecule has 3 N–H and O–H groups in total. The van der Waals surface area contributed by atoms with E-state index < -0.39 is 23.8 Å². The van der Waals surface area contributed by atoms with Crippen molar-refractivity contribution in [2.45, 2.75) is 25.3 Å². The van der Waals surface area contributed by atoms with Crippen LogP contribution in [0.4, 0.5) is 0 Å². The molecular formula is C23H22ClN3O4. The highest BCUT2D eigenvalue weighted by atomic mass is 35.5. The molecular weight excluding hydrogens is 418 g/mol. The summed E-state index contributed by atoms with van der Waals surface area (Å²) in [4.78, 5) is 44.3. The number of aromatic amines is 1.